The molecule has 0 aliphatic carbocycles. The van der Waals surface area contributed by atoms with E-state index in [1.165, 1.54) is 0 Å². The number of carbonyl (C=O) groups excluding carboxylic acids is 1. The van der Waals surface area contributed by atoms with Crippen molar-refractivity contribution in [2.75, 3.05) is 6.54 Å². The van der Waals surface area contributed by atoms with Crippen molar-refractivity contribution in [3.05, 3.63) is 30.1 Å². The van der Waals surface area contributed by atoms with Crippen molar-refractivity contribution in [2.45, 2.75) is 44.6 Å². The van der Waals surface area contributed by atoms with E-state index in [0.717, 1.165) is 24.8 Å². The molecule has 1 aliphatic heterocycles. The number of pyridine rings is 1. The summed E-state index contributed by atoms with van der Waals surface area (Å²) in [6.07, 6.45) is 7.72. The minimum absolute atomic E-state index is 0.0592. The fourth-order valence-electron chi connectivity index (χ4n) is 2.61. The Hall–Kier alpha value is -1.91. The fraction of sp³-hybridized carbons (Fsp3) is 0.533. The van der Waals surface area contributed by atoms with Gasteiger partial charge in [0.25, 0.3) is 0 Å². The molecule has 0 aromatic carbocycles. The molecule has 1 aromatic heterocycles. The maximum atomic E-state index is 12.3. The predicted molar refractivity (Wildman–Crippen MR) is 74.2 cm³/mol. The van der Waals surface area contributed by atoms with Gasteiger partial charge in [0.1, 0.15) is 6.04 Å². The lowest BCUT2D eigenvalue weighted by molar-refractivity contribution is -0.150. The van der Waals surface area contributed by atoms with Gasteiger partial charge in [-0.25, -0.2) is 4.79 Å². The van der Waals surface area contributed by atoms with Gasteiger partial charge in [-0.15, -0.1) is 0 Å². The zero-order chi connectivity index (χ0) is 14.4. The number of hydrogen-bond acceptors (Lipinski definition) is 3. The molecular formula is C15H20N2O3. The smallest absolute Gasteiger partial charge is 0.326 e. The van der Waals surface area contributed by atoms with Gasteiger partial charge in [0.2, 0.25) is 5.91 Å². The molecular weight excluding hydrogens is 256 g/mol. The topological polar surface area (TPSA) is 70.5 Å². The van der Waals surface area contributed by atoms with Gasteiger partial charge in [-0.3, -0.25) is 9.78 Å². The number of amides is 1. The number of likely N-dealkylation sites (tertiary alicyclic amines) is 1. The highest BCUT2D eigenvalue weighted by atomic mass is 16.4. The number of carboxylic acids is 1. The van der Waals surface area contributed by atoms with E-state index in [9.17, 15) is 14.7 Å². The van der Waals surface area contributed by atoms with Crippen molar-refractivity contribution in [2.24, 2.45) is 0 Å². The van der Waals surface area contributed by atoms with E-state index in [2.05, 4.69) is 4.98 Å². The molecule has 1 saturated heterocycles. The van der Waals surface area contributed by atoms with Gasteiger partial charge >= 0.3 is 5.97 Å². The maximum Gasteiger partial charge on any atom is 0.326 e. The molecule has 1 aromatic rings. The molecule has 2 heterocycles. The van der Waals surface area contributed by atoms with Crippen molar-refractivity contribution in [3.8, 4) is 0 Å². The van der Waals surface area contributed by atoms with Crippen LogP contribution in [-0.2, 0) is 16.0 Å². The van der Waals surface area contributed by atoms with Crippen LogP contribution in [0.2, 0.25) is 0 Å². The molecule has 0 spiro atoms. The first-order chi connectivity index (χ1) is 9.68. The molecule has 1 aliphatic rings. The maximum absolute atomic E-state index is 12.3. The first-order valence-corrected chi connectivity index (χ1v) is 7.09. The molecule has 5 heteroatoms. The highest BCUT2D eigenvalue weighted by Crippen LogP contribution is 2.18. The first-order valence-electron chi connectivity index (χ1n) is 7.09. The SMILES string of the molecule is O=C(O)C1CCCCCN1C(=O)CCc1ccncc1. The van der Waals surface area contributed by atoms with E-state index in [1.807, 2.05) is 12.1 Å². The minimum Gasteiger partial charge on any atom is -0.480 e. The van der Waals surface area contributed by atoms with Gasteiger partial charge in [-0.05, 0) is 37.0 Å². The molecule has 5 nitrogen and oxygen atoms in total. The zero-order valence-corrected chi connectivity index (χ0v) is 11.5. The van der Waals surface area contributed by atoms with Crippen LogP contribution in [0.5, 0.6) is 0 Å². The Bertz CT molecular complexity index is 461. The summed E-state index contributed by atoms with van der Waals surface area (Å²) in [7, 11) is 0. The fourth-order valence-corrected chi connectivity index (χ4v) is 2.61. The standard InChI is InChI=1S/C15H20N2O3/c18-14(6-5-12-7-9-16-10-8-12)17-11-3-1-2-4-13(17)15(19)20/h7-10,13H,1-6,11H2,(H,19,20). The average Bonchev–Trinajstić information content (AvgIpc) is 2.71. The van der Waals surface area contributed by atoms with Crippen molar-refractivity contribution in [1.29, 1.82) is 0 Å². The molecule has 20 heavy (non-hydrogen) atoms. The number of rotatable bonds is 4. The second-order valence-electron chi connectivity index (χ2n) is 5.15. The van der Waals surface area contributed by atoms with Gasteiger partial charge in [0, 0.05) is 25.4 Å². The molecule has 0 bridgehead atoms. The van der Waals surface area contributed by atoms with Crippen LogP contribution in [0.3, 0.4) is 0 Å². The number of aliphatic carboxylic acids is 1. The second-order valence-corrected chi connectivity index (χ2v) is 5.15. The summed E-state index contributed by atoms with van der Waals surface area (Å²) in [5.41, 5.74) is 1.05. The summed E-state index contributed by atoms with van der Waals surface area (Å²) in [4.78, 5) is 29.1. The monoisotopic (exact) mass is 276 g/mol. The van der Waals surface area contributed by atoms with Crippen LogP contribution in [0, 0.1) is 0 Å². The second kappa shape index (κ2) is 7.03. The molecule has 0 radical (unpaired) electrons. The Morgan fingerprint density at radius 2 is 2.00 bits per heavy atom. The van der Waals surface area contributed by atoms with Crippen LogP contribution in [0.1, 0.15) is 37.7 Å². The number of aryl methyl sites for hydroxylation is 1. The summed E-state index contributed by atoms with van der Waals surface area (Å²) in [6, 6.07) is 3.11. The van der Waals surface area contributed by atoms with E-state index in [4.69, 9.17) is 0 Å². The Morgan fingerprint density at radius 1 is 1.25 bits per heavy atom. The first kappa shape index (κ1) is 14.5. The third-order valence-corrected chi connectivity index (χ3v) is 3.74. The Balaban J connectivity index is 1.96. The third-order valence-electron chi connectivity index (χ3n) is 3.74. The Labute approximate surface area is 118 Å². The summed E-state index contributed by atoms with van der Waals surface area (Å²) >= 11 is 0. The van der Waals surface area contributed by atoms with Crippen LogP contribution >= 0.6 is 0 Å². The predicted octanol–water partition coefficient (Wildman–Crippen LogP) is 1.87. The van der Waals surface area contributed by atoms with Gasteiger partial charge in [0.15, 0.2) is 0 Å². The van der Waals surface area contributed by atoms with E-state index in [1.54, 1.807) is 17.3 Å². The van der Waals surface area contributed by atoms with Crippen molar-refractivity contribution in [3.63, 3.8) is 0 Å². The van der Waals surface area contributed by atoms with Crippen molar-refractivity contribution in [1.82, 2.24) is 9.88 Å². The van der Waals surface area contributed by atoms with E-state index >= 15 is 0 Å². The zero-order valence-electron chi connectivity index (χ0n) is 11.5. The van der Waals surface area contributed by atoms with E-state index < -0.39 is 12.0 Å². The molecule has 2 rings (SSSR count). The Morgan fingerprint density at radius 3 is 2.70 bits per heavy atom. The van der Waals surface area contributed by atoms with Crippen LogP contribution in [-0.4, -0.2) is 39.5 Å². The van der Waals surface area contributed by atoms with Gasteiger partial charge < -0.3 is 10.0 Å². The lowest BCUT2D eigenvalue weighted by Crippen LogP contribution is -2.44. The van der Waals surface area contributed by atoms with Crippen LogP contribution in [0.15, 0.2) is 24.5 Å². The largest absolute Gasteiger partial charge is 0.480 e. The lowest BCUT2D eigenvalue weighted by Gasteiger charge is -2.27. The van der Waals surface area contributed by atoms with Crippen LogP contribution < -0.4 is 0 Å². The normalized spacial score (nSPS) is 19.4. The van der Waals surface area contributed by atoms with Gasteiger partial charge in [0.05, 0.1) is 0 Å². The number of hydrogen-bond donors (Lipinski definition) is 1. The number of aromatic nitrogens is 1. The summed E-state index contributed by atoms with van der Waals surface area (Å²) in [5, 5.41) is 9.27. The number of carboxylic acid groups (broad SMARTS) is 1. The molecule has 0 saturated carbocycles. The molecule has 1 unspecified atom stereocenters. The quantitative estimate of drug-likeness (QED) is 0.911. The number of nitrogens with zero attached hydrogens (tertiary/aromatic N) is 2. The average molecular weight is 276 g/mol. The summed E-state index contributed by atoms with van der Waals surface area (Å²) in [6.45, 7) is 0.562. The molecule has 1 atom stereocenters. The van der Waals surface area contributed by atoms with Crippen molar-refractivity contribution < 1.29 is 14.7 Å². The molecule has 1 fully saturated rings. The lowest BCUT2D eigenvalue weighted by atomic mass is 10.1. The summed E-state index contributed by atoms with van der Waals surface area (Å²) in [5.74, 6) is -0.944. The highest BCUT2D eigenvalue weighted by molar-refractivity contribution is 5.83. The van der Waals surface area contributed by atoms with Crippen LogP contribution in [0.4, 0.5) is 0 Å². The third kappa shape index (κ3) is 3.79. The highest BCUT2D eigenvalue weighted by Gasteiger charge is 2.30. The van der Waals surface area contributed by atoms with Gasteiger partial charge in [-0.1, -0.05) is 12.8 Å². The van der Waals surface area contributed by atoms with Crippen LogP contribution in [0.25, 0.3) is 0 Å². The molecule has 108 valence electrons. The summed E-state index contributed by atoms with van der Waals surface area (Å²) < 4.78 is 0. The molecule has 1 amide bonds. The van der Waals surface area contributed by atoms with Crippen molar-refractivity contribution >= 4 is 11.9 Å². The minimum atomic E-state index is -0.885. The molecule has 1 N–H and O–H groups in total. The van der Waals surface area contributed by atoms with Gasteiger partial charge in [-0.2, -0.15) is 0 Å². The Kier molecular flexibility index (Phi) is 5.09. The van der Waals surface area contributed by atoms with E-state index in [-0.39, 0.29) is 5.91 Å². The van der Waals surface area contributed by atoms with E-state index in [0.29, 0.717) is 25.8 Å². The number of carbonyl (C=O) groups is 2.